The van der Waals surface area contributed by atoms with Gasteiger partial charge in [-0.15, -0.1) is 10.2 Å². The fourth-order valence-electron chi connectivity index (χ4n) is 4.02. The van der Waals surface area contributed by atoms with E-state index in [-0.39, 0.29) is 18.4 Å². The van der Waals surface area contributed by atoms with Gasteiger partial charge in [-0.2, -0.15) is 0 Å². The Labute approximate surface area is 157 Å². The topological polar surface area (TPSA) is 69.8 Å². The molecule has 2 aliphatic carbocycles. The van der Waals surface area contributed by atoms with Crippen molar-refractivity contribution in [1.82, 2.24) is 19.3 Å². The molecule has 6 nitrogen and oxygen atoms in total. The summed E-state index contributed by atoms with van der Waals surface area (Å²) >= 11 is 1.32. The van der Waals surface area contributed by atoms with Crippen LogP contribution in [0.3, 0.4) is 0 Å². The zero-order valence-electron chi connectivity index (χ0n) is 14.4. The van der Waals surface area contributed by atoms with Crippen LogP contribution < -0.4 is 11.1 Å². The molecule has 0 saturated heterocycles. The molecule has 2 aliphatic rings. The molecule has 2 aromatic heterocycles. The maximum Gasteiger partial charge on any atom is 0.316 e. The van der Waals surface area contributed by atoms with Gasteiger partial charge in [-0.25, -0.2) is 4.39 Å². The minimum atomic E-state index is -0.531. The molecule has 1 unspecified atom stereocenters. The van der Waals surface area contributed by atoms with E-state index in [9.17, 15) is 14.0 Å². The Morgan fingerprint density at radius 1 is 1.00 bits per heavy atom. The number of hydrogen-bond acceptors (Lipinski definition) is 5. The van der Waals surface area contributed by atoms with E-state index < -0.39 is 11.1 Å². The minimum absolute atomic E-state index is 0.162. The molecule has 2 heterocycles. The van der Waals surface area contributed by atoms with Crippen molar-refractivity contribution >= 4 is 11.3 Å². The van der Waals surface area contributed by atoms with Gasteiger partial charge in [0.15, 0.2) is 0 Å². The molecule has 2 fully saturated rings. The summed E-state index contributed by atoms with van der Waals surface area (Å²) in [7, 11) is 0. The third-order valence-electron chi connectivity index (χ3n) is 5.56. The van der Waals surface area contributed by atoms with Gasteiger partial charge in [0.05, 0.1) is 6.54 Å². The highest BCUT2D eigenvalue weighted by Crippen LogP contribution is 2.55. The molecular weight excluding hydrogens is 367 g/mol. The van der Waals surface area contributed by atoms with E-state index in [1.54, 1.807) is 29.1 Å². The van der Waals surface area contributed by atoms with Gasteiger partial charge in [-0.05, 0) is 55.4 Å². The number of hydrogen-bond donors (Lipinski definition) is 0. The fourth-order valence-corrected chi connectivity index (χ4v) is 4.86. The van der Waals surface area contributed by atoms with Crippen LogP contribution in [-0.2, 0) is 6.54 Å². The molecular formula is C19H17FN4O2S. The van der Waals surface area contributed by atoms with Crippen molar-refractivity contribution < 1.29 is 4.39 Å². The van der Waals surface area contributed by atoms with E-state index in [2.05, 4.69) is 10.2 Å². The molecule has 1 aromatic carbocycles. The van der Waals surface area contributed by atoms with Crippen molar-refractivity contribution in [2.45, 2.75) is 31.8 Å². The quantitative estimate of drug-likeness (QED) is 0.649. The van der Waals surface area contributed by atoms with Crippen LogP contribution in [0.2, 0.25) is 0 Å². The average molecular weight is 384 g/mol. The second-order valence-corrected chi connectivity index (χ2v) is 8.39. The highest BCUT2D eigenvalue weighted by Gasteiger charge is 2.46. The zero-order valence-corrected chi connectivity index (χ0v) is 15.2. The molecule has 3 aromatic rings. The molecule has 138 valence electrons. The summed E-state index contributed by atoms with van der Waals surface area (Å²) in [5, 5.41) is 9.48. The number of halogens is 1. The van der Waals surface area contributed by atoms with Crippen LogP contribution in [0.15, 0.2) is 46.2 Å². The van der Waals surface area contributed by atoms with Gasteiger partial charge in [0.1, 0.15) is 15.8 Å². The Kier molecular flexibility index (Phi) is 3.82. The summed E-state index contributed by atoms with van der Waals surface area (Å²) in [4.78, 5) is 25.0. The second kappa shape index (κ2) is 6.23. The van der Waals surface area contributed by atoms with E-state index >= 15 is 0 Å². The Hall–Kier alpha value is -2.61. The second-order valence-electron chi connectivity index (χ2n) is 7.33. The lowest BCUT2D eigenvalue weighted by Gasteiger charge is -2.15. The van der Waals surface area contributed by atoms with E-state index in [1.807, 2.05) is 0 Å². The monoisotopic (exact) mass is 384 g/mol. The summed E-state index contributed by atoms with van der Waals surface area (Å²) in [6.07, 6.45) is 6.67. The van der Waals surface area contributed by atoms with Gasteiger partial charge in [-0.1, -0.05) is 11.3 Å². The number of rotatable bonds is 4. The van der Waals surface area contributed by atoms with E-state index in [0.717, 1.165) is 30.2 Å². The van der Waals surface area contributed by atoms with Crippen molar-refractivity contribution in [3.05, 3.63) is 68.2 Å². The van der Waals surface area contributed by atoms with Gasteiger partial charge in [0.25, 0.3) is 0 Å². The number of benzene rings is 1. The number of nitrogens with zero attached hydrogens (tertiary/aromatic N) is 4. The van der Waals surface area contributed by atoms with Gasteiger partial charge in [0, 0.05) is 24.0 Å². The largest absolute Gasteiger partial charge is 0.316 e. The molecule has 3 atom stereocenters. The fraction of sp³-hybridized carbons (Fsp3) is 0.368. The molecule has 0 aliphatic heterocycles. The molecule has 27 heavy (non-hydrogen) atoms. The molecule has 0 spiro atoms. The molecule has 5 rings (SSSR count). The maximum absolute atomic E-state index is 13.0. The maximum atomic E-state index is 13.0. The van der Waals surface area contributed by atoms with Crippen LogP contribution in [-0.4, -0.2) is 19.3 Å². The van der Waals surface area contributed by atoms with Crippen LogP contribution in [0, 0.1) is 17.7 Å². The van der Waals surface area contributed by atoms with Gasteiger partial charge in [0.2, 0.25) is 0 Å². The third-order valence-corrected chi connectivity index (χ3v) is 6.52. The van der Waals surface area contributed by atoms with Crippen LogP contribution in [0.25, 0.3) is 10.6 Å². The summed E-state index contributed by atoms with van der Waals surface area (Å²) in [6.45, 7) is 0.198. The van der Waals surface area contributed by atoms with Gasteiger partial charge < -0.3 is 9.13 Å². The number of aromatic nitrogens is 4. The minimum Gasteiger partial charge on any atom is -0.306 e. The molecule has 2 saturated carbocycles. The first kappa shape index (κ1) is 16.6. The summed E-state index contributed by atoms with van der Waals surface area (Å²) in [5.74, 6) is 1.18. The zero-order chi connectivity index (χ0) is 18.5. The Morgan fingerprint density at radius 3 is 2.48 bits per heavy atom. The van der Waals surface area contributed by atoms with E-state index in [1.165, 1.54) is 34.5 Å². The predicted octanol–water partition coefficient (Wildman–Crippen LogP) is 2.69. The van der Waals surface area contributed by atoms with Gasteiger partial charge >= 0.3 is 11.1 Å². The Balaban J connectivity index is 1.38. The van der Waals surface area contributed by atoms with E-state index in [4.69, 9.17) is 0 Å². The Bertz CT molecular complexity index is 1110. The first-order valence-corrected chi connectivity index (χ1v) is 9.80. The summed E-state index contributed by atoms with van der Waals surface area (Å²) < 4.78 is 16.0. The van der Waals surface area contributed by atoms with Crippen molar-refractivity contribution in [3.8, 4) is 10.6 Å². The highest BCUT2D eigenvalue weighted by atomic mass is 32.1. The molecule has 0 bridgehead atoms. The standard InChI is InChI=1S/C19H17FN4O2S/c20-14-3-1-11(2-4-14)17-22-21-16(27-17)10-23-5-6-24(19(26)18(23)25)15-8-12-7-13(12)9-15/h1-6,12-13,15H,7-10H2/t12-,13+,15?. The molecule has 0 radical (unpaired) electrons. The lowest BCUT2D eigenvalue weighted by Crippen LogP contribution is -2.41. The Morgan fingerprint density at radius 2 is 1.74 bits per heavy atom. The number of fused-ring (bicyclic) bond motifs is 1. The van der Waals surface area contributed by atoms with Crippen molar-refractivity contribution in [3.63, 3.8) is 0 Å². The average Bonchev–Trinajstić information content (AvgIpc) is 3.05. The van der Waals surface area contributed by atoms with Crippen LogP contribution >= 0.6 is 11.3 Å². The van der Waals surface area contributed by atoms with Crippen molar-refractivity contribution in [1.29, 1.82) is 0 Å². The van der Waals surface area contributed by atoms with Crippen LogP contribution in [0.5, 0.6) is 0 Å². The molecule has 8 heteroatoms. The first-order chi connectivity index (χ1) is 13.1. The van der Waals surface area contributed by atoms with Crippen LogP contribution in [0.1, 0.15) is 30.3 Å². The first-order valence-electron chi connectivity index (χ1n) is 8.98. The lowest BCUT2D eigenvalue weighted by atomic mass is 10.1. The van der Waals surface area contributed by atoms with Gasteiger partial charge in [-0.3, -0.25) is 9.59 Å². The predicted molar refractivity (Wildman–Crippen MR) is 99.2 cm³/mol. The smallest absolute Gasteiger partial charge is 0.306 e. The van der Waals surface area contributed by atoms with Crippen molar-refractivity contribution in [2.75, 3.05) is 0 Å². The SMILES string of the molecule is O=c1c(=O)n(C2C[C@@H]3C[C@@H]3C2)ccn1Cc1nnc(-c2ccc(F)cc2)s1. The molecule has 0 amide bonds. The van der Waals surface area contributed by atoms with E-state index in [0.29, 0.717) is 10.0 Å². The lowest BCUT2D eigenvalue weighted by molar-refractivity contribution is 0.445. The van der Waals surface area contributed by atoms with Crippen molar-refractivity contribution in [2.24, 2.45) is 11.8 Å². The van der Waals surface area contributed by atoms with Crippen LogP contribution in [0.4, 0.5) is 4.39 Å². The highest BCUT2D eigenvalue weighted by molar-refractivity contribution is 7.14. The molecule has 0 N–H and O–H groups in total. The summed E-state index contributed by atoms with van der Waals surface area (Å²) in [5.41, 5.74) is -0.230. The normalized spacial score (nSPS) is 23.4. The summed E-state index contributed by atoms with van der Waals surface area (Å²) in [6, 6.07) is 6.18. The third kappa shape index (κ3) is 3.03.